The molecule has 0 spiro atoms. The molecule has 3 aliphatic rings. The van der Waals surface area contributed by atoms with Crippen molar-refractivity contribution in [2.24, 2.45) is 11.8 Å². The second-order valence-electron chi connectivity index (χ2n) is 8.66. The summed E-state index contributed by atoms with van der Waals surface area (Å²) in [6, 6.07) is 8.37. The molecule has 2 aliphatic carbocycles. The highest BCUT2D eigenvalue weighted by Crippen LogP contribution is 2.40. The van der Waals surface area contributed by atoms with Gasteiger partial charge >= 0.3 is 0 Å². The molecule has 1 N–H and O–H groups in total. The third kappa shape index (κ3) is 4.85. The Balaban J connectivity index is 1.23. The second-order valence-corrected chi connectivity index (χ2v) is 8.66. The zero-order chi connectivity index (χ0) is 20.2. The molecule has 1 saturated heterocycles. The number of ether oxygens (including phenoxy) is 1. The molecule has 1 aliphatic heterocycles. The first-order chi connectivity index (χ1) is 14.2. The van der Waals surface area contributed by atoms with Crippen molar-refractivity contribution in [3.8, 4) is 5.75 Å². The number of benzene rings is 1. The highest BCUT2D eigenvalue weighted by molar-refractivity contribution is 5.92. The molecule has 1 heterocycles. The van der Waals surface area contributed by atoms with Crippen molar-refractivity contribution in [3.05, 3.63) is 24.3 Å². The van der Waals surface area contributed by atoms with E-state index in [2.05, 4.69) is 22.3 Å². The summed E-state index contributed by atoms with van der Waals surface area (Å²) in [6.07, 6.45) is 7.86. The molecule has 2 saturated carbocycles. The first-order valence-electron chi connectivity index (χ1n) is 11.1. The third-order valence-corrected chi connectivity index (χ3v) is 6.67. The van der Waals surface area contributed by atoms with Gasteiger partial charge in [0.25, 0.3) is 0 Å². The van der Waals surface area contributed by atoms with E-state index in [0.717, 1.165) is 56.9 Å². The van der Waals surface area contributed by atoms with Crippen LogP contribution >= 0.6 is 0 Å². The van der Waals surface area contributed by atoms with Crippen LogP contribution in [0, 0.1) is 11.8 Å². The van der Waals surface area contributed by atoms with E-state index in [9.17, 15) is 9.59 Å². The van der Waals surface area contributed by atoms with Crippen molar-refractivity contribution in [1.82, 2.24) is 10.2 Å². The molecule has 1 aromatic rings. The van der Waals surface area contributed by atoms with Gasteiger partial charge in [-0.25, -0.2) is 0 Å². The van der Waals surface area contributed by atoms with Gasteiger partial charge in [-0.2, -0.15) is 0 Å². The van der Waals surface area contributed by atoms with Crippen LogP contribution in [0.2, 0.25) is 0 Å². The van der Waals surface area contributed by atoms with Crippen LogP contribution in [-0.2, 0) is 9.59 Å². The summed E-state index contributed by atoms with van der Waals surface area (Å²) in [5.41, 5.74) is 1.16. The average Bonchev–Trinajstić information content (AvgIpc) is 3.58. The fraction of sp³-hybridized carbons (Fsp3) is 0.652. The van der Waals surface area contributed by atoms with Gasteiger partial charge in [-0.15, -0.1) is 0 Å². The molecule has 3 fully saturated rings. The van der Waals surface area contributed by atoms with Gasteiger partial charge in [0.15, 0.2) is 0 Å². The Hall–Kier alpha value is -2.24. The number of rotatable bonds is 5. The Morgan fingerprint density at radius 3 is 2.21 bits per heavy atom. The van der Waals surface area contributed by atoms with E-state index in [1.165, 1.54) is 25.7 Å². The molecular formula is C23H33N3O3. The van der Waals surface area contributed by atoms with E-state index < -0.39 is 0 Å². The number of hydrogen-bond acceptors (Lipinski definition) is 4. The molecule has 2 amide bonds. The smallest absolute Gasteiger partial charge is 0.226 e. The molecule has 2 atom stereocenters. The van der Waals surface area contributed by atoms with Crippen LogP contribution in [0.4, 0.5) is 5.69 Å². The van der Waals surface area contributed by atoms with Crippen LogP contribution in [0.3, 0.4) is 0 Å². The van der Waals surface area contributed by atoms with Crippen LogP contribution in [0.1, 0.15) is 44.9 Å². The number of methoxy groups -OCH3 is 1. The number of hydrogen-bond donors (Lipinski definition) is 1. The predicted octanol–water partition coefficient (Wildman–Crippen LogP) is 2.82. The molecular weight excluding hydrogens is 366 g/mol. The maximum absolute atomic E-state index is 12.9. The molecule has 6 heteroatoms. The molecule has 29 heavy (non-hydrogen) atoms. The van der Waals surface area contributed by atoms with Crippen molar-refractivity contribution >= 4 is 17.5 Å². The minimum absolute atomic E-state index is 0.103. The summed E-state index contributed by atoms with van der Waals surface area (Å²) in [7, 11) is 1.67. The van der Waals surface area contributed by atoms with Gasteiger partial charge in [0.2, 0.25) is 11.8 Å². The minimum atomic E-state index is -0.106. The Morgan fingerprint density at radius 2 is 1.59 bits per heavy atom. The summed E-state index contributed by atoms with van der Waals surface area (Å²) in [4.78, 5) is 29.7. The van der Waals surface area contributed by atoms with Gasteiger partial charge in [-0.1, -0.05) is 25.7 Å². The molecule has 4 rings (SSSR count). The highest BCUT2D eigenvalue weighted by atomic mass is 16.5. The first-order valence-corrected chi connectivity index (χ1v) is 11.1. The molecule has 0 bridgehead atoms. The number of amides is 2. The number of nitrogens with zero attached hydrogens (tertiary/aromatic N) is 2. The monoisotopic (exact) mass is 399 g/mol. The molecule has 158 valence electrons. The molecule has 6 nitrogen and oxygen atoms in total. The SMILES string of the molecule is COc1ccc(N2CCN(C(=O)C3CC3C(=O)NC3CCCCCC3)CC2)cc1. The second kappa shape index (κ2) is 9.06. The number of carbonyl (C=O) groups is 2. The molecule has 0 aromatic heterocycles. The molecule has 0 radical (unpaired) electrons. The molecule has 2 unspecified atom stereocenters. The van der Waals surface area contributed by atoms with E-state index in [-0.39, 0.29) is 23.7 Å². The van der Waals surface area contributed by atoms with Crippen molar-refractivity contribution in [3.63, 3.8) is 0 Å². The van der Waals surface area contributed by atoms with Crippen molar-refractivity contribution in [1.29, 1.82) is 0 Å². The average molecular weight is 400 g/mol. The Labute approximate surface area is 173 Å². The normalized spacial score (nSPS) is 25.3. The van der Waals surface area contributed by atoms with Crippen molar-refractivity contribution < 1.29 is 14.3 Å². The van der Waals surface area contributed by atoms with E-state index in [1.54, 1.807) is 7.11 Å². The minimum Gasteiger partial charge on any atom is -0.497 e. The van der Waals surface area contributed by atoms with E-state index in [1.807, 2.05) is 17.0 Å². The van der Waals surface area contributed by atoms with E-state index in [4.69, 9.17) is 4.74 Å². The largest absolute Gasteiger partial charge is 0.497 e. The molecule has 1 aromatic carbocycles. The lowest BCUT2D eigenvalue weighted by atomic mass is 10.1. The lowest BCUT2D eigenvalue weighted by Crippen LogP contribution is -2.49. The van der Waals surface area contributed by atoms with Gasteiger partial charge in [-0.05, 0) is 43.5 Å². The van der Waals surface area contributed by atoms with Crippen LogP contribution in [-0.4, -0.2) is 56.0 Å². The first kappa shape index (κ1) is 20.0. The third-order valence-electron chi connectivity index (χ3n) is 6.67. The van der Waals surface area contributed by atoms with Crippen LogP contribution in [0.5, 0.6) is 5.75 Å². The van der Waals surface area contributed by atoms with Gasteiger partial charge in [0.05, 0.1) is 18.9 Å². The topological polar surface area (TPSA) is 61.9 Å². The summed E-state index contributed by atoms with van der Waals surface area (Å²) in [6.45, 7) is 3.09. The van der Waals surface area contributed by atoms with E-state index in [0.29, 0.717) is 6.04 Å². The Kier molecular flexibility index (Phi) is 6.26. The quantitative estimate of drug-likeness (QED) is 0.774. The summed E-state index contributed by atoms with van der Waals surface area (Å²) < 4.78 is 5.22. The fourth-order valence-corrected chi connectivity index (χ4v) is 4.70. The van der Waals surface area contributed by atoms with Crippen LogP contribution in [0.15, 0.2) is 24.3 Å². The zero-order valence-corrected chi connectivity index (χ0v) is 17.4. The summed E-state index contributed by atoms with van der Waals surface area (Å²) >= 11 is 0. The van der Waals surface area contributed by atoms with Crippen LogP contribution < -0.4 is 15.0 Å². The number of anilines is 1. The standard InChI is InChI=1S/C23H33N3O3/c1-29-19-10-8-18(9-11-19)25-12-14-26(15-13-25)23(28)21-16-20(21)22(27)24-17-6-4-2-3-5-7-17/h8-11,17,20-21H,2-7,12-16H2,1H3,(H,24,27). The Bertz CT molecular complexity index is 705. The maximum Gasteiger partial charge on any atom is 0.226 e. The van der Waals surface area contributed by atoms with Crippen molar-refractivity contribution in [2.45, 2.75) is 51.0 Å². The maximum atomic E-state index is 12.9. The fourth-order valence-electron chi connectivity index (χ4n) is 4.70. The van der Waals surface area contributed by atoms with Gasteiger partial charge < -0.3 is 19.9 Å². The lowest BCUT2D eigenvalue weighted by Gasteiger charge is -2.36. The van der Waals surface area contributed by atoms with Crippen LogP contribution in [0.25, 0.3) is 0 Å². The van der Waals surface area contributed by atoms with E-state index >= 15 is 0 Å². The lowest BCUT2D eigenvalue weighted by molar-refractivity contribution is -0.135. The Morgan fingerprint density at radius 1 is 0.931 bits per heavy atom. The number of carbonyl (C=O) groups excluding carboxylic acids is 2. The predicted molar refractivity (Wildman–Crippen MR) is 113 cm³/mol. The van der Waals surface area contributed by atoms with Gasteiger partial charge in [0.1, 0.15) is 5.75 Å². The van der Waals surface area contributed by atoms with Gasteiger partial charge in [-0.3, -0.25) is 9.59 Å². The van der Waals surface area contributed by atoms with Gasteiger partial charge in [0, 0.05) is 37.9 Å². The zero-order valence-electron chi connectivity index (χ0n) is 17.4. The summed E-state index contributed by atoms with van der Waals surface area (Å²) in [5.74, 6) is 0.913. The summed E-state index contributed by atoms with van der Waals surface area (Å²) in [5, 5.41) is 3.22. The highest BCUT2D eigenvalue weighted by Gasteiger charge is 2.50. The number of nitrogens with one attached hydrogen (secondary N) is 1. The van der Waals surface area contributed by atoms with Crippen molar-refractivity contribution in [2.75, 3.05) is 38.2 Å². The number of piperazine rings is 1.